The van der Waals surface area contributed by atoms with Gasteiger partial charge in [-0.3, -0.25) is 4.79 Å². The standard InChI is InChI=1S/C21H16O4/c22-20(17-8-11-18(12-9-17)25-14-21(23)24)13-10-16-6-3-5-15-4-1-2-7-19(15)16/h1-13H,14H2,(H,23,24)/p-1/b13-10+. The van der Waals surface area contributed by atoms with Crippen LogP contribution in [0.5, 0.6) is 5.75 Å². The van der Waals surface area contributed by atoms with Gasteiger partial charge in [0.1, 0.15) is 12.4 Å². The Morgan fingerprint density at radius 1 is 0.920 bits per heavy atom. The summed E-state index contributed by atoms with van der Waals surface area (Å²) < 4.78 is 4.99. The molecule has 4 heteroatoms. The van der Waals surface area contributed by atoms with Crippen LogP contribution in [0, 0.1) is 0 Å². The highest BCUT2D eigenvalue weighted by Gasteiger charge is 2.03. The molecule has 0 unspecified atom stereocenters. The zero-order valence-corrected chi connectivity index (χ0v) is 13.3. The number of carbonyl (C=O) groups is 2. The molecule has 3 aromatic rings. The molecule has 0 saturated heterocycles. The van der Waals surface area contributed by atoms with E-state index in [1.807, 2.05) is 42.5 Å². The number of benzene rings is 3. The second-order valence-electron chi connectivity index (χ2n) is 5.45. The predicted molar refractivity (Wildman–Crippen MR) is 94.3 cm³/mol. The van der Waals surface area contributed by atoms with Crippen LogP contribution in [0.4, 0.5) is 0 Å². The van der Waals surface area contributed by atoms with Crippen molar-refractivity contribution in [1.82, 2.24) is 0 Å². The lowest BCUT2D eigenvalue weighted by atomic mass is 10.0. The third-order valence-corrected chi connectivity index (χ3v) is 3.73. The molecule has 0 saturated carbocycles. The Morgan fingerprint density at radius 2 is 1.64 bits per heavy atom. The van der Waals surface area contributed by atoms with Gasteiger partial charge in [0.05, 0.1) is 5.97 Å². The molecule has 0 aromatic heterocycles. The van der Waals surface area contributed by atoms with Crippen LogP contribution in [-0.4, -0.2) is 18.4 Å². The van der Waals surface area contributed by atoms with Gasteiger partial charge in [-0.2, -0.15) is 0 Å². The van der Waals surface area contributed by atoms with Crippen molar-refractivity contribution in [3.8, 4) is 5.75 Å². The Kier molecular flexibility index (Phi) is 4.90. The first-order valence-electron chi connectivity index (χ1n) is 7.76. The average molecular weight is 331 g/mol. The molecule has 124 valence electrons. The van der Waals surface area contributed by atoms with Crippen LogP contribution in [0.2, 0.25) is 0 Å². The van der Waals surface area contributed by atoms with Gasteiger partial charge in [0.15, 0.2) is 5.78 Å². The van der Waals surface area contributed by atoms with E-state index in [0.29, 0.717) is 11.3 Å². The molecule has 0 atom stereocenters. The molecular weight excluding hydrogens is 316 g/mol. The maximum Gasteiger partial charge on any atom is 0.185 e. The Morgan fingerprint density at radius 3 is 2.40 bits per heavy atom. The van der Waals surface area contributed by atoms with E-state index < -0.39 is 12.6 Å². The van der Waals surface area contributed by atoms with Crippen LogP contribution in [-0.2, 0) is 4.79 Å². The highest BCUT2D eigenvalue weighted by atomic mass is 16.5. The number of carboxylic acids is 1. The number of aliphatic carboxylic acids is 1. The summed E-state index contributed by atoms with van der Waals surface area (Å²) in [6.45, 7) is -0.520. The molecule has 0 bridgehead atoms. The lowest BCUT2D eigenvalue weighted by Crippen LogP contribution is -2.28. The minimum atomic E-state index is -1.29. The smallest absolute Gasteiger partial charge is 0.185 e. The lowest BCUT2D eigenvalue weighted by molar-refractivity contribution is -0.307. The van der Waals surface area contributed by atoms with Crippen molar-refractivity contribution in [2.24, 2.45) is 0 Å². The van der Waals surface area contributed by atoms with E-state index in [-0.39, 0.29) is 5.78 Å². The largest absolute Gasteiger partial charge is 0.546 e. The van der Waals surface area contributed by atoms with Crippen LogP contribution in [0.3, 0.4) is 0 Å². The second kappa shape index (κ2) is 7.45. The second-order valence-corrected chi connectivity index (χ2v) is 5.45. The Bertz CT molecular complexity index is 934. The fourth-order valence-electron chi connectivity index (χ4n) is 2.52. The van der Waals surface area contributed by atoms with Crippen LogP contribution < -0.4 is 9.84 Å². The molecule has 25 heavy (non-hydrogen) atoms. The Hall–Kier alpha value is -3.40. The van der Waals surface area contributed by atoms with E-state index in [0.717, 1.165) is 16.3 Å². The number of ketones is 1. The Balaban J connectivity index is 1.75. The van der Waals surface area contributed by atoms with Crippen LogP contribution in [0.15, 0.2) is 72.8 Å². The molecule has 0 spiro atoms. The lowest BCUT2D eigenvalue weighted by Gasteiger charge is -2.06. The third-order valence-electron chi connectivity index (χ3n) is 3.73. The molecule has 0 N–H and O–H groups in total. The quantitative estimate of drug-likeness (QED) is 0.514. The molecule has 0 aliphatic rings. The Labute approximate surface area is 145 Å². The summed E-state index contributed by atoms with van der Waals surface area (Å²) in [7, 11) is 0. The highest BCUT2D eigenvalue weighted by molar-refractivity contribution is 6.07. The number of ether oxygens (including phenoxy) is 1. The number of carboxylic acid groups (broad SMARTS) is 1. The molecule has 0 aliphatic heterocycles. The minimum Gasteiger partial charge on any atom is -0.546 e. The molecule has 0 fully saturated rings. The summed E-state index contributed by atoms with van der Waals surface area (Å²) in [6.07, 6.45) is 3.32. The van der Waals surface area contributed by atoms with Gasteiger partial charge in [0.2, 0.25) is 0 Å². The first kappa shape index (κ1) is 16.5. The van der Waals surface area contributed by atoms with Gasteiger partial charge in [-0.05, 0) is 46.7 Å². The third kappa shape index (κ3) is 4.12. The van der Waals surface area contributed by atoms with Crippen molar-refractivity contribution in [2.45, 2.75) is 0 Å². The summed E-state index contributed by atoms with van der Waals surface area (Å²) in [5.41, 5.74) is 1.47. The minimum absolute atomic E-state index is 0.139. The van der Waals surface area contributed by atoms with Crippen molar-refractivity contribution in [1.29, 1.82) is 0 Å². The number of rotatable bonds is 6. The van der Waals surface area contributed by atoms with Crippen molar-refractivity contribution >= 4 is 28.6 Å². The summed E-state index contributed by atoms with van der Waals surface area (Å²) in [4.78, 5) is 22.7. The topological polar surface area (TPSA) is 66.4 Å². The molecule has 0 heterocycles. The monoisotopic (exact) mass is 331 g/mol. The molecule has 0 amide bonds. The van der Waals surface area contributed by atoms with Crippen molar-refractivity contribution in [3.63, 3.8) is 0 Å². The van der Waals surface area contributed by atoms with Gasteiger partial charge in [-0.15, -0.1) is 0 Å². The average Bonchev–Trinajstić information content (AvgIpc) is 2.64. The maximum absolute atomic E-state index is 12.3. The van der Waals surface area contributed by atoms with Gasteiger partial charge in [0, 0.05) is 5.56 Å². The normalized spacial score (nSPS) is 10.9. The summed E-state index contributed by atoms with van der Waals surface area (Å²) >= 11 is 0. The van der Waals surface area contributed by atoms with Gasteiger partial charge < -0.3 is 14.6 Å². The van der Waals surface area contributed by atoms with Crippen molar-refractivity contribution < 1.29 is 19.4 Å². The highest BCUT2D eigenvalue weighted by Crippen LogP contribution is 2.20. The molecule has 0 aliphatic carbocycles. The van der Waals surface area contributed by atoms with E-state index in [9.17, 15) is 14.7 Å². The zero-order valence-electron chi connectivity index (χ0n) is 13.3. The number of allylic oxidation sites excluding steroid dienone is 1. The van der Waals surface area contributed by atoms with E-state index in [2.05, 4.69) is 0 Å². The number of carbonyl (C=O) groups excluding carboxylic acids is 2. The number of fused-ring (bicyclic) bond motifs is 1. The molecule has 4 nitrogen and oxygen atoms in total. The van der Waals surface area contributed by atoms with Crippen LogP contribution in [0.1, 0.15) is 15.9 Å². The number of hydrogen-bond donors (Lipinski definition) is 0. The fourth-order valence-corrected chi connectivity index (χ4v) is 2.52. The fraction of sp³-hybridized carbons (Fsp3) is 0.0476. The van der Waals surface area contributed by atoms with Gasteiger partial charge in [-0.25, -0.2) is 0 Å². The molecular formula is C21H15O4-. The summed E-state index contributed by atoms with van der Waals surface area (Å²) in [5.74, 6) is -1.06. The summed E-state index contributed by atoms with van der Waals surface area (Å²) in [6, 6.07) is 20.2. The number of hydrogen-bond acceptors (Lipinski definition) is 4. The van der Waals surface area contributed by atoms with Gasteiger partial charge >= 0.3 is 0 Å². The first-order valence-corrected chi connectivity index (χ1v) is 7.76. The van der Waals surface area contributed by atoms with E-state index in [1.165, 1.54) is 6.08 Å². The summed E-state index contributed by atoms with van der Waals surface area (Å²) in [5, 5.41) is 12.6. The first-order chi connectivity index (χ1) is 12.1. The van der Waals surface area contributed by atoms with Gasteiger partial charge in [0.25, 0.3) is 0 Å². The van der Waals surface area contributed by atoms with E-state index in [1.54, 1.807) is 30.3 Å². The molecule has 3 aromatic carbocycles. The molecule has 0 radical (unpaired) electrons. The zero-order chi connectivity index (χ0) is 17.6. The van der Waals surface area contributed by atoms with Crippen molar-refractivity contribution in [3.05, 3.63) is 83.9 Å². The van der Waals surface area contributed by atoms with Gasteiger partial charge in [-0.1, -0.05) is 48.5 Å². The van der Waals surface area contributed by atoms with Crippen molar-refractivity contribution in [2.75, 3.05) is 6.61 Å². The molecule has 3 rings (SSSR count). The van der Waals surface area contributed by atoms with Crippen LogP contribution in [0.25, 0.3) is 16.8 Å². The van der Waals surface area contributed by atoms with E-state index in [4.69, 9.17) is 4.74 Å². The van der Waals surface area contributed by atoms with Crippen LogP contribution >= 0.6 is 0 Å². The maximum atomic E-state index is 12.3. The SMILES string of the molecule is O=C([O-])COc1ccc(C(=O)/C=C/c2cccc3ccccc23)cc1. The predicted octanol–water partition coefficient (Wildman–Crippen LogP) is 2.86. The van der Waals surface area contributed by atoms with E-state index >= 15 is 0 Å².